The lowest BCUT2D eigenvalue weighted by atomic mass is 10.2. The van der Waals surface area contributed by atoms with E-state index < -0.39 is 6.10 Å². The van der Waals surface area contributed by atoms with Gasteiger partial charge in [-0.1, -0.05) is 17.7 Å². The van der Waals surface area contributed by atoms with Gasteiger partial charge in [0.2, 0.25) is 0 Å². The molecule has 0 saturated carbocycles. The molecule has 0 radical (unpaired) electrons. The van der Waals surface area contributed by atoms with Crippen LogP contribution >= 0.6 is 11.8 Å². The molecule has 0 spiro atoms. The molecular formula is C13H16O2S. The number of benzene rings is 1. The van der Waals surface area contributed by atoms with Gasteiger partial charge in [-0.2, -0.15) is 0 Å². The maximum Gasteiger partial charge on any atom is 0.121 e. The Hall–Kier alpha value is -0.930. The average Bonchev–Trinajstić information content (AvgIpc) is 2.79. The molecule has 1 aliphatic heterocycles. The van der Waals surface area contributed by atoms with E-state index in [-0.39, 0.29) is 0 Å². The minimum Gasteiger partial charge on any atom is -0.495 e. The van der Waals surface area contributed by atoms with Gasteiger partial charge >= 0.3 is 0 Å². The van der Waals surface area contributed by atoms with Crippen molar-refractivity contribution < 1.29 is 9.84 Å². The van der Waals surface area contributed by atoms with Gasteiger partial charge in [-0.05, 0) is 25.1 Å². The minimum atomic E-state index is -0.479. The van der Waals surface area contributed by atoms with E-state index in [1.165, 1.54) is 10.5 Å². The second-order valence-corrected chi connectivity index (χ2v) is 4.98. The normalized spacial score (nSPS) is 16.8. The molecule has 16 heavy (non-hydrogen) atoms. The Morgan fingerprint density at radius 1 is 1.50 bits per heavy atom. The Balaban J connectivity index is 1.87. The highest BCUT2D eigenvalue weighted by Gasteiger charge is 2.15. The summed E-state index contributed by atoms with van der Waals surface area (Å²) in [5.74, 6) is 1.38. The van der Waals surface area contributed by atoms with Crippen molar-refractivity contribution in [2.24, 2.45) is 0 Å². The summed E-state index contributed by atoms with van der Waals surface area (Å²) in [4.78, 5) is 1.19. The van der Waals surface area contributed by atoms with Crippen LogP contribution in [0.15, 0.2) is 41.0 Å². The lowest BCUT2D eigenvalue weighted by Gasteiger charge is -2.11. The number of hydrogen-bond acceptors (Lipinski definition) is 3. The number of rotatable bonds is 4. The topological polar surface area (TPSA) is 29.5 Å². The number of aryl methyl sites for hydroxylation is 1. The zero-order chi connectivity index (χ0) is 11.4. The summed E-state index contributed by atoms with van der Waals surface area (Å²) >= 11 is 1.66. The van der Waals surface area contributed by atoms with Gasteiger partial charge in [-0.25, -0.2) is 0 Å². The van der Waals surface area contributed by atoms with Gasteiger partial charge in [0.25, 0.3) is 0 Å². The lowest BCUT2D eigenvalue weighted by molar-refractivity contribution is 0.133. The first-order valence-corrected chi connectivity index (χ1v) is 6.44. The van der Waals surface area contributed by atoms with Crippen LogP contribution in [0.5, 0.6) is 0 Å². The van der Waals surface area contributed by atoms with Gasteiger partial charge in [-0.15, -0.1) is 11.8 Å². The monoisotopic (exact) mass is 236 g/mol. The van der Waals surface area contributed by atoms with E-state index in [9.17, 15) is 5.11 Å². The summed E-state index contributed by atoms with van der Waals surface area (Å²) in [6, 6.07) is 8.30. The van der Waals surface area contributed by atoms with Crippen molar-refractivity contribution in [3.05, 3.63) is 41.7 Å². The summed E-state index contributed by atoms with van der Waals surface area (Å²) in [5, 5.41) is 9.87. The largest absolute Gasteiger partial charge is 0.495 e. The number of thioether (sulfide) groups is 1. The Kier molecular flexibility index (Phi) is 3.91. The first kappa shape index (κ1) is 11.6. The van der Waals surface area contributed by atoms with Crippen LogP contribution in [-0.2, 0) is 4.74 Å². The van der Waals surface area contributed by atoms with E-state index >= 15 is 0 Å². The van der Waals surface area contributed by atoms with Crippen molar-refractivity contribution in [1.29, 1.82) is 0 Å². The fraction of sp³-hybridized carbons (Fsp3) is 0.385. The summed E-state index contributed by atoms with van der Waals surface area (Å²) in [5.41, 5.74) is 1.25. The van der Waals surface area contributed by atoms with Crippen LogP contribution in [0.2, 0.25) is 0 Å². The standard InChI is InChI=1S/C13H16O2S/c1-10-4-2-5-11(8-10)16-9-12(14)13-6-3-7-15-13/h2,4-6,8,12,14H,3,7,9H2,1H3. The van der Waals surface area contributed by atoms with Crippen LogP contribution in [0.1, 0.15) is 12.0 Å². The van der Waals surface area contributed by atoms with Crippen molar-refractivity contribution in [3.8, 4) is 0 Å². The fourth-order valence-corrected chi connectivity index (χ4v) is 2.59. The lowest BCUT2D eigenvalue weighted by Crippen LogP contribution is -2.13. The predicted molar refractivity (Wildman–Crippen MR) is 66.6 cm³/mol. The zero-order valence-corrected chi connectivity index (χ0v) is 10.2. The van der Waals surface area contributed by atoms with Crippen molar-refractivity contribution in [2.45, 2.75) is 24.3 Å². The van der Waals surface area contributed by atoms with Gasteiger partial charge in [0.1, 0.15) is 11.9 Å². The number of hydrogen-bond donors (Lipinski definition) is 1. The zero-order valence-electron chi connectivity index (χ0n) is 9.35. The van der Waals surface area contributed by atoms with Crippen LogP contribution in [0.4, 0.5) is 0 Å². The van der Waals surface area contributed by atoms with Crippen molar-refractivity contribution in [2.75, 3.05) is 12.4 Å². The smallest absolute Gasteiger partial charge is 0.121 e. The van der Waals surface area contributed by atoms with E-state index in [4.69, 9.17) is 4.74 Å². The molecule has 1 atom stereocenters. The molecule has 1 aromatic carbocycles. The van der Waals surface area contributed by atoms with Crippen LogP contribution in [0.25, 0.3) is 0 Å². The highest BCUT2D eigenvalue weighted by Crippen LogP contribution is 2.23. The van der Waals surface area contributed by atoms with E-state index in [0.29, 0.717) is 12.4 Å². The van der Waals surface area contributed by atoms with E-state index in [2.05, 4.69) is 25.1 Å². The van der Waals surface area contributed by atoms with Crippen LogP contribution in [0, 0.1) is 6.92 Å². The van der Waals surface area contributed by atoms with Crippen LogP contribution in [-0.4, -0.2) is 23.6 Å². The Labute approximate surface area is 100 Å². The van der Waals surface area contributed by atoms with Crippen molar-refractivity contribution >= 4 is 11.8 Å². The molecule has 0 aromatic heterocycles. The second-order valence-electron chi connectivity index (χ2n) is 3.89. The summed E-state index contributed by atoms with van der Waals surface area (Å²) in [7, 11) is 0. The average molecular weight is 236 g/mol. The highest BCUT2D eigenvalue weighted by atomic mass is 32.2. The van der Waals surface area contributed by atoms with Crippen LogP contribution < -0.4 is 0 Å². The van der Waals surface area contributed by atoms with E-state index in [1.807, 2.05) is 12.1 Å². The molecule has 3 heteroatoms. The molecule has 0 fully saturated rings. The molecule has 1 N–H and O–H groups in total. The summed E-state index contributed by atoms with van der Waals surface area (Å²) in [6.45, 7) is 2.78. The van der Waals surface area contributed by atoms with Gasteiger partial charge in [0, 0.05) is 17.1 Å². The van der Waals surface area contributed by atoms with Gasteiger partial charge in [-0.3, -0.25) is 0 Å². The third-order valence-electron chi connectivity index (χ3n) is 2.46. The highest BCUT2D eigenvalue weighted by molar-refractivity contribution is 7.99. The summed E-state index contributed by atoms with van der Waals surface area (Å²) in [6.07, 6.45) is 2.41. The molecular weight excluding hydrogens is 220 g/mol. The molecule has 0 bridgehead atoms. The Morgan fingerprint density at radius 2 is 2.38 bits per heavy atom. The number of aliphatic hydroxyl groups is 1. The van der Waals surface area contributed by atoms with E-state index in [1.54, 1.807) is 11.8 Å². The predicted octanol–water partition coefficient (Wildman–Crippen LogP) is 2.75. The number of aliphatic hydroxyl groups excluding tert-OH is 1. The molecule has 1 unspecified atom stereocenters. The van der Waals surface area contributed by atoms with Crippen LogP contribution in [0.3, 0.4) is 0 Å². The molecule has 2 nitrogen and oxygen atoms in total. The maximum atomic E-state index is 9.87. The second kappa shape index (κ2) is 5.41. The van der Waals surface area contributed by atoms with Gasteiger partial charge in [0.05, 0.1) is 6.61 Å². The maximum absolute atomic E-state index is 9.87. The fourth-order valence-electron chi connectivity index (χ4n) is 1.63. The molecule has 0 saturated heterocycles. The van der Waals surface area contributed by atoms with Crippen molar-refractivity contribution in [1.82, 2.24) is 0 Å². The first-order valence-electron chi connectivity index (χ1n) is 5.46. The van der Waals surface area contributed by atoms with E-state index in [0.717, 1.165) is 12.2 Å². The molecule has 86 valence electrons. The molecule has 1 aromatic rings. The third kappa shape index (κ3) is 3.03. The Morgan fingerprint density at radius 3 is 3.06 bits per heavy atom. The molecule has 1 aliphatic rings. The minimum absolute atomic E-state index is 0.479. The Bertz CT molecular complexity index is 387. The van der Waals surface area contributed by atoms with Gasteiger partial charge < -0.3 is 9.84 Å². The molecule has 0 aliphatic carbocycles. The van der Waals surface area contributed by atoms with Gasteiger partial charge in [0.15, 0.2) is 0 Å². The molecule has 2 rings (SSSR count). The number of ether oxygens (including phenoxy) is 1. The first-order chi connectivity index (χ1) is 7.75. The summed E-state index contributed by atoms with van der Waals surface area (Å²) < 4.78 is 5.32. The third-order valence-corrected chi connectivity index (χ3v) is 3.53. The quantitative estimate of drug-likeness (QED) is 0.815. The van der Waals surface area contributed by atoms with Crippen molar-refractivity contribution in [3.63, 3.8) is 0 Å². The SMILES string of the molecule is Cc1cccc(SCC(O)C2=CCCO2)c1. The molecule has 1 heterocycles. The molecule has 0 amide bonds.